The average molecular weight is 407 g/mol. The smallest absolute Gasteiger partial charge is 0.248 e. The van der Waals surface area contributed by atoms with Gasteiger partial charge < -0.3 is 9.84 Å². The van der Waals surface area contributed by atoms with Crippen molar-refractivity contribution in [2.45, 2.75) is 45.1 Å². The third kappa shape index (κ3) is 4.25. The Labute approximate surface area is 165 Å². The molecule has 1 atom stereocenters. The summed E-state index contributed by atoms with van der Waals surface area (Å²) in [7, 11) is -3.63. The van der Waals surface area contributed by atoms with Gasteiger partial charge in [0.15, 0.2) is 5.76 Å². The van der Waals surface area contributed by atoms with E-state index in [4.69, 9.17) is 4.52 Å². The number of hydrogen-bond donors (Lipinski definition) is 1. The zero-order valence-corrected chi connectivity index (χ0v) is 17.2. The molecule has 0 aromatic carbocycles. The molecule has 1 N–H and O–H groups in total. The fraction of sp³-hybridized carbons (Fsp3) is 0.526. The number of hydrogen-bond acceptors (Lipinski definition) is 6. The van der Waals surface area contributed by atoms with E-state index in [0.29, 0.717) is 43.9 Å². The predicted molar refractivity (Wildman–Crippen MR) is 103 cm³/mol. The molecule has 8 nitrogen and oxygen atoms in total. The minimum Gasteiger partial charge on any atom is -0.360 e. The Bertz CT molecular complexity index is 899. The number of nitrogens with zero attached hydrogens (tertiary/aromatic N) is 3. The minimum atomic E-state index is -3.63. The molecule has 1 saturated heterocycles. The Morgan fingerprint density at radius 3 is 2.64 bits per heavy atom. The summed E-state index contributed by atoms with van der Waals surface area (Å²) in [6, 6.07) is 3.75. The predicted octanol–water partition coefficient (Wildman–Crippen LogP) is 2.04. The molecule has 1 fully saturated rings. The number of piperidine rings is 1. The second-order valence-electron chi connectivity index (χ2n) is 7.26. The quantitative estimate of drug-likeness (QED) is 0.787. The molecule has 152 valence electrons. The highest BCUT2D eigenvalue weighted by Gasteiger charge is 2.36. The number of amides is 1. The number of pyridine rings is 1. The van der Waals surface area contributed by atoms with Crippen molar-refractivity contribution in [1.82, 2.24) is 19.8 Å². The van der Waals surface area contributed by atoms with Crippen LogP contribution in [-0.4, -0.2) is 41.9 Å². The lowest BCUT2D eigenvalue weighted by molar-refractivity contribution is -0.126. The monoisotopic (exact) mass is 406 g/mol. The number of aryl methyl sites for hydroxylation is 2. The van der Waals surface area contributed by atoms with Gasteiger partial charge in [0.2, 0.25) is 15.9 Å². The topological polar surface area (TPSA) is 105 Å². The van der Waals surface area contributed by atoms with E-state index in [-0.39, 0.29) is 22.6 Å². The summed E-state index contributed by atoms with van der Waals surface area (Å²) < 4.78 is 32.3. The fourth-order valence-corrected chi connectivity index (χ4v) is 5.42. The first-order valence-corrected chi connectivity index (χ1v) is 10.8. The molecule has 9 heteroatoms. The van der Waals surface area contributed by atoms with Gasteiger partial charge in [-0.05, 0) is 44.2 Å². The molecule has 1 aliphatic rings. The van der Waals surface area contributed by atoms with Gasteiger partial charge in [0, 0.05) is 37.9 Å². The van der Waals surface area contributed by atoms with E-state index in [1.54, 1.807) is 26.2 Å². The van der Waals surface area contributed by atoms with E-state index in [1.807, 2.05) is 19.1 Å². The number of carbonyl (C=O) groups is 1. The summed E-state index contributed by atoms with van der Waals surface area (Å²) in [5.41, 5.74) is 1.33. The summed E-state index contributed by atoms with van der Waals surface area (Å²) >= 11 is 0. The van der Waals surface area contributed by atoms with Crippen LogP contribution < -0.4 is 5.32 Å². The molecule has 3 heterocycles. The van der Waals surface area contributed by atoms with E-state index >= 15 is 0 Å². The van der Waals surface area contributed by atoms with Gasteiger partial charge in [0.05, 0.1) is 0 Å². The second-order valence-corrected chi connectivity index (χ2v) is 9.14. The zero-order valence-electron chi connectivity index (χ0n) is 16.4. The van der Waals surface area contributed by atoms with Crippen molar-refractivity contribution in [3.8, 4) is 0 Å². The maximum atomic E-state index is 12.9. The maximum Gasteiger partial charge on any atom is 0.248 e. The minimum absolute atomic E-state index is 0.0177. The second kappa shape index (κ2) is 8.40. The number of nitrogens with one attached hydrogen (secondary N) is 1. The van der Waals surface area contributed by atoms with Gasteiger partial charge in [-0.15, -0.1) is 0 Å². The molecule has 0 spiro atoms. The molecular formula is C19H26N4O4S. The summed E-state index contributed by atoms with van der Waals surface area (Å²) in [5.74, 6) is 0.254. The standard InChI is InChI=1S/C19H26N4O4S/c1-13(19(24)21-12-16-5-4-8-20-11-16)17-6-9-23(10-7-17)28(25,26)18-14(2)22-27-15(18)3/h4-5,8,11,13,17H,6-7,9-10,12H2,1-3H3,(H,21,24)/t13-/m0/s1. The van der Waals surface area contributed by atoms with Crippen LogP contribution in [0.2, 0.25) is 0 Å². The van der Waals surface area contributed by atoms with Crippen molar-refractivity contribution in [3.05, 3.63) is 41.5 Å². The van der Waals surface area contributed by atoms with Crippen molar-refractivity contribution in [2.75, 3.05) is 13.1 Å². The highest BCUT2D eigenvalue weighted by atomic mass is 32.2. The molecule has 0 radical (unpaired) electrons. The van der Waals surface area contributed by atoms with E-state index in [0.717, 1.165) is 5.56 Å². The van der Waals surface area contributed by atoms with Crippen molar-refractivity contribution < 1.29 is 17.7 Å². The highest BCUT2D eigenvalue weighted by molar-refractivity contribution is 7.89. The number of sulfonamides is 1. The van der Waals surface area contributed by atoms with Crippen LogP contribution >= 0.6 is 0 Å². The average Bonchev–Trinajstić information content (AvgIpc) is 3.05. The summed E-state index contributed by atoms with van der Waals surface area (Å²) in [6.07, 6.45) is 4.70. The van der Waals surface area contributed by atoms with E-state index in [9.17, 15) is 13.2 Å². The van der Waals surface area contributed by atoms with Gasteiger partial charge in [-0.1, -0.05) is 18.1 Å². The molecule has 28 heavy (non-hydrogen) atoms. The zero-order chi connectivity index (χ0) is 20.3. The number of aromatic nitrogens is 2. The first-order chi connectivity index (χ1) is 13.3. The third-order valence-electron chi connectivity index (χ3n) is 5.37. The summed E-state index contributed by atoms with van der Waals surface area (Å²) in [5, 5.41) is 6.69. The van der Waals surface area contributed by atoms with Crippen LogP contribution in [-0.2, 0) is 21.4 Å². The van der Waals surface area contributed by atoms with Crippen LogP contribution in [0.1, 0.15) is 36.8 Å². The normalized spacial score (nSPS) is 17.4. The van der Waals surface area contributed by atoms with Crippen molar-refractivity contribution in [2.24, 2.45) is 11.8 Å². The van der Waals surface area contributed by atoms with Crippen molar-refractivity contribution in [3.63, 3.8) is 0 Å². The molecular weight excluding hydrogens is 380 g/mol. The molecule has 0 saturated carbocycles. The lowest BCUT2D eigenvalue weighted by Crippen LogP contribution is -2.42. The van der Waals surface area contributed by atoms with Crippen molar-refractivity contribution >= 4 is 15.9 Å². The highest BCUT2D eigenvalue weighted by Crippen LogP contribution is 2.30. The van der Waals surface area contributed by atoms with Crippen molar-refractivity contribution in [1.29, 1.82) is 0 Å². The lowest BCUT2D eigenvalue weighted by Gasteiger charge is -2.33. The van der Waals surface area contributed by atoms with Crippen LogP contribution in [0, 0.1) is 25.7 Å². The van der Waals surface area contributed by atoms with E-state index in [2.05, 4.69) is 15.5 Å². The third-order valence-corrected chi connectivity index (χ3v) is 7.52. The van der Waals surface area contributed by atoms with Crippen LogP contribution in [0.5, 0.6) is 0 Å². The van der Waals surface area contributed by atoms with Crippen LogP contribution in [0.3, 0.4) is 0 Å². The van der Waals surface area contributed by atoms with E-state index in [1.165, 1.54) is 4.31 Å². The molecule has 0 bridgehead atoms. The van der Waals surface area contributed by atoms with Gasteiger partial charge >= 0.3 is 0 Å². The fourth-order valence-electron chi connectivity index (χ4n) is 3.66. The van der Waals surface area contributed by atoms with Gasteiger partial charge in [-0.25, -0.2) is 8.42 Å². The largest absolute Gasteiger partial charge is 0.360 e. The van der Waals surface area contributed by atoms with E-state index < -0.39 is 10.0 Å². The summed E-state index contributed by atoms with van der Waals surface area (Å²) in [6.45, 7) is 6.35. The Balaban J connectivity index is 1.56. The van der Waals surface area contributed by atoms with Crippen LogP contribution in [0.4, 0.5) is 0 Å². The molecule has 0 aliphatic carbocycles. The molecule has 0 unspecified atom stereocenters. The molecule has 3 rings (SSSR count). The van der Waals surface area contributed by atoms with Crippen LogP contribution in [0.15, 0.2) is 33.9 Å². The van der Waals surface area contributed by atoms with Gasteiger partial charge in [0.25, 0.3) is 0 Å². The molecule has 1 amide bonds. The van der Waals surface area contributed by atoms with Gasteiger partial charge in [-0.3, -0.25) is 9.78 Å². The number of carbonyl (C=O) groups excluding carboxylic acids is 1. The Kier molecular flexibility index (Phi) is 6.14. The first kappa shape index (κ1) is 20.5. The summed E-state index contributed by atoms with van der Waals surface area (Å²) in [4.78, 5) is 16.7. The SMILES string of the molecule is Cc1noc(C)c1S(=O)(=O)N1CCC([C@H](C)C(=O)NCc2cccnc2)CC1. The Morgan fingerprint density at radius 2 is 2.07 bits per heavy atom. The Hall–Kier alpha value is -2.26. The molecule has 1 aliphatic heterocycles. The van der Waals surface area contributed by atoms with Gasteiger partial charge in [-0.2, -0.15) is 4.31 Å². The Morgan fingerprint density at radius 1 is 1.36 bits per heavy atom. The van der Waals surface area contributed by atoms with Gasteiger partial charge in [0.1, 0.15) is 10.6 Å². The lowest BCUT2D eigenvalue weighted by atomic mass is 9.85. The van der Waals surface area contributed by atoms with Crippen LogP contribution in [0.25, 0.3) is 0 Å². The maximum absolute atomic E-state index is 12.9. The molecule has 2 aromatic heterocycles. The first-order valence-electron chi connectivity index (χ1n) is 9.40. The number of rotatable bonds is 6. The molecule has 2 aromatic rings.